The molecule has 42 heavy (non-hydrogen) atoms. The summed E-state index contributed by atoms with van der Waals surface area (Å²) in [4.78, 5) is 13.4. The molecule has 6 heteroatoms. The fourth-order valence-electron chi connectivity index (χ4n) is 6.58. The van der Waals surface area contributed by atoms with E-state index in [0.29, 0.717) is 18.8 Å². The summed E-state index contributed by atoms with van der Waals surface area (Å²) in [5.74, 6) is -1.29. The molecule has 0 N–H and O–H groups in total. The van der Waals surface area contributed by atoms with Crippen LogP contribution in [0.5, 0.6) is 0 Å². The molecule has 0 aromatic heterocycles. The zero-order valence-electron chi connectivity index (χ0n) is 25.2. The van der Waals surface area contributed by atoms with E-state index in [1.165, 1.54) is 16.8 Å². The van der Waals surface area contributed by atoms with Crippen molar-refractivity contribution in [3.05, 3.63) is 109 Å². The van der Waals surface area contributed by atoms with E-state index in [1.54, 1.807) is 12.1 Å². The Kier molecular flexibility index (Phi) is 9.48. The molecule has 1 aliphatic carbocycles. The lowest BCUT2D eigenvalue weighted by Crippen LogP contribution is -2.67. The Hall–Kier alpha value is -3.03. The first-order chi connectivity index (χ1) is 20.3. The van der Waals surface area contributed by atoms with Crippen molar-refractivity contribution >= 4 is 24.7 Å². The quantitative estimate of drug-likeness (QED) is 0.151. The molecule has 5 rings (SSSR count). The zero-order chi connectivity index (χ0) is 29.6. The maximum atomic E-state index is 13.4. The summed E-state index contributed by atoms with van der Waals surface area (Å²) in [6.07, 6.45) is 5.88. The second-order valence-electron chi connectivity index (χ2n) is 12.5. The average Bonchev–Trinajstić information content (AvgIpc) is 3.42. The van der Waals surface area contributed by atoms with Crippen molar-refractivity contribution in [3.8, 4) is 0 Å². The molecular formula is C36H44O5Si. The Labute approximate surface area is 252 Å². The first-order valence-electron chi connectivity index (χ1n) is 15.2. The Bertz CT molecular complexity index is 1260. The second-order valence-corrected chi connectivity index (χ2v) is 16.9. The van der Waals surface area contributed by atoms with Gasteiger partial charge in [-0.2, -0.15) is 0 Å². The Balaban J connectivity index is 1.48. The number of esters is 1. The van der Waals surface area contributed by atoms with Crippen LogP contribution in [-0.2, 0) is 18.6 Å². The maximum Gasteiger partial charge on any atom is 0.338 e. The number of carbonyl (C=O) groups excluding carboxylic acids is 1. The van der Waals surface area contributed by atoms with E-state index in [2.05, 4.69) is 75.9 Å². The van der Waals surface area contributed by atoms with Crippen molar-refractivity contribution in [2.75, 3.05) is 13.2 Å². The van der Waals surface area contributed by atoms with Gasteiger partial charge in [-0.3, -0.25) is 0 Å². The minimum Gasteiger partial charge on any atom is -0.455 e. The van der Waals surface area contributed by atoms with Gasteiger partial charge in [0.25, 0.3) is 8.32 Å². The molecule has 3 aromatic rings. The summed E-state index contributed by atoms with van der Waals surface area (Å²) in [5, 5.41) is 2.22. The van der Waals surface area contributed by atoms with Crippen molar-refractivity contribution in [1.82, 2.24) is 0 Å². The first kappa shape index (κ1) is 30.4. The molecular weight excluding hydrogens is 540 g/mol. The molecule has 3 atom stereocenters. The van der Waals surface area contributed by atoms with E-state index >= 15 is 0 Å². The van der Waals surface area contributed by atoms with Crippen LogP contribution in [0.25, 0.3) is 0 Å². The van der Waals surface area contributed by atoms with E-state index in [1.807, 2.05) is 36.4 Å². The molecule has 1 saturated carbocycles. The average molecular weight is 585 g/mol. The highest BCUT2D eigenvalue weighted by molar-refractivity contribution is 6.99. The van der Waals surface area contributed by atoms with E-state index < -0.39 is 26.3 Å². The molecule has 2 fully saturated rings. The maximum absolute atomic E-state index is 13.4. The van der Waals surface area contributed by atoms with Crippen LogP contribution in [-0.4, -0.2) is 45.5 Å². The van der Waals surface area contributed by atoms with Gasteiger partial charge in [-0.25, -0.2) is 4.79 Å². The minimum absolute atomic E-state index is 0.184. The van der Waals surface area contributed by atoms with Gasteiger partial charge in [0.1, 0.15) is 12.2 Å². The first-order valence-corrected chi connectivity index (χ1v) is 17.1. The summed E-state index contributed by atoms with van der Waals surface area (Å²) < 4.78 is 26.5. The molecule has 1 spiro atoms. The Morgan fingerprint density at radius 2 is 1.48 bits per heavy atom. The van der Waals surface area contributed by atoms with Crippen molar-refractivity contribution in [2.24, 2.45) is 5.92 Å². The number of carbonyl (C=O) groups is 1. The molecule has 3 aromatic carbocycles. The number of rotatable bonds is 10. The lowest BCUT2D eigenvalue weighted by Gasteiger charge is -2.44. The number of hydrogen-bond acceptors (Lipinski definition) is 5. The summed E-state index contributed by atoms with van der Waals surface area (Å²) in [5.41, 5.74) is 0.504. The Morgan fingerprint density at radius 3 is 2.00 bits per heavy atom. The van der Waals surface area contributed by atoms with Crippen LogP contribution in [0.2, 0.25) is 5.04 Å². The molecule has 1 aliphatic heterocycles. The van der Waals surface area contributed by atoms with Gasteiger partial charge in [0, 0.05) is 25.4 Å². The van der Waals surface area contributed by atoms with E-state index in [-0.39, 0.29) is 16.9 Å². The molecule has 1 heterocycles. The molecule has 5 nitrogen and oxygen atoms in total. The molecule has 2 aliphatic rings. The zero-order valence-corrected chi connectivity index (χ0v) is 26.2. The fraction of sp³-hybridized carbons (Fsp3) is 0.417. The molecule has 0 bridgehead atoms. The normalized spacial score (nSPS) is 20.1. The van der Waals surface area contributed by atoms with Gasteiger partial charge in [0.2, 0.25) is 0 Å². The van der Waals surface area contributed by atoms with Crippen LogP contribution in [0, 0.1) is 5.92 Å². The standard InChI is InChI=1S/C36H44O5Si/c1-5-28(26-39-42(35(2,3)4,30-20-12-7-13-21-30)31-22-14-8-15-23-31)33(40-34(37)29-18-10-6-11-19-29)32-27-38-36(41-32)24-16-9-17-25-36/h5-8,10-15,18-23,28,32-33H,1,9,16-17,24-27H2,2-4H3/t28-,32-,33+/m1/s1. The van der Waals surface area contributed by atoms with Crippen molar-refractivity contribution in [3.63, 3.8) is 0 Å². The summed E-state index contributed by atoms with van der Waals surface area (Å²) >= 11 is 0. The van der Waals surface area contributed by atoms with Gasteiger partial charge in [-0.05, 0) is 40.4 Å². The largest absolute Gasteiger partial charge is 0.455 e. The molecule has 0 unspecified atom stereocenters. The van der Waals surface area contributed by atoms with Crippen molar-refractivity contribution in [2.45, 2.75) is 75.9 Å². The van der Waals surface area contributed by atoms with Crippen LogP contribution in [0.4, 0.5) is 0 Å². The minimum atomic E-state index is -2.82. The van der Waals surface area contributed by atoms with Crippen molar-refractivity contribution in [1.29, 1.82) is 0 Å². The van der Waals surface area contributed by atoms with Crippen LogP contribution < -0.4 is 10.4 Å². The van der Waals surface area contributed by atoms with Gasteiger partial charge in [-0.1, -0.05) is 112 Å². The highest BCUT2D eigenvalue weighted by atomic mass is 28.4. The van der Waals surface area contributed by atoms with Gasteiger partial charge < -0.3 is 18.6 Å². The predicted octanol–water partition coefficient (Wildman–Crippen LogP) is 6.67. The van der Waals surface area contributed by atoms with Crippen molar-refractivity contribution < 1.29 is 23.4 Å². The topological polar surface area (TPSA) is 54.0 Å². The smallest absolute Gasteiger partial charge is 0.338 e. The van der Waals surface area contributed by atoms with Crippen LogP contribution >= 0.6 is 0 Å². The van der Waals surface area contributed by atoms with E-state index in [4.69, 9.17) is 18.6 Å². The Morgan fingerprint density at radius 1 is 0.929 bits per heavy atom. The number of benzene rings is 3. The summed E-state index contributed by atoms with van der Waals surface area (Å²) in [6, 6.07) is 30.3. The fourth-order valence-corrected chi connectivity index (χ4v) is 11.2. The third-order valence-corrected chi connectivity index (χ3v) is 13.7. The highest BCUT2D eigenvalue weighted by Crippen LogP contribution is 2.41. The van der Waals surface area contributed by atoms with E-state index in [0.717, 1.165) is 25.7 Å². The monoisotopic (exact) mass is 584 g/mol. The predicted molar refractivity (Wildman–Crippen MR) is 170 cm³/mol. The summed E-state index contributed by atoms with van der Waals surface area (Å²) in [7, 11) is -2.82. The van der Waals surface area contributed by atoms with Gasteiger partial charge in [-0.15, -0.1) is 6.58 Å². The highest BCUT2D eigenvalue weighted by Gasteiger charge is 2.52. The third-order valence-electron chi connectivity index (χ3n) is 8.75. The molecule has 1 saturated heterocycles. The second kappa shape index (κ2) is 13.1. The molecule has 222 valence electrons. The molecule has 0 radical (unpaired) electrons. The van der Waals surface area contributed by atoms with E-state index in [9.17, 15) is 4.79 Å². The third kappa shape index (κ3) is 6.32. The number of ether oxygens (including phenoxy) is 3. The van der Waals surface area contributed by atoms with Gasteiger partial charge >= 0.3 is 5.97 Å². The lowest BCUT2D eigenvalue weighted by atomic mass is 9.94. The van der Waals surface area contributed by atoms with Crippen LogP contribution in [0.15, 0.2) is 104 Å². The lowest BCUT2D eigenvalue weighted by molar-refractivity contribution is -0.198. The SMILES string of the molecule is C=C[C@H](CO[Si](c1ccccc1)(c1ccccc1)C(C)(C)C)[C@H](OC(=O)c1ccccc1)[C@H]1COC2(CCCCC2)O1. The number of hydrogen-bond donors (Lipinski definition) is 0. The van der Waals surface area contributed by atoms with Crippen LogP contribution in [0.1, 0.15) is 63.2 Å². The van der Waals surface area contributed by atoms with Gasteiger partial charge in [0.05, 0.1) is 12.2 Å². The van der Waals surface area contributed by atoms with Crippen LogP contribution in [0.3, 0.4) is 0 Å². The summed E-state index contributed by atoms with van der Waals surface area (Å²) in [6.45, 7) is 11.7. The molecule has 0 amide bonds. The van der Waals surface area contributed by atoms with Gasteiger partial charge in [0.15, 0.2) is 5.79 Å².